The number of aromatic nitrogens is 1. The number of benzene rings is 1. The molecule has 0 bridgehead atoms. The lowest BCUT2D eigenvalue weighted by atomic mass is 9.88. The fourth-order valence-corrected chi connectivity index (χ4v) is 3.92. The number of allylic oxidation sites excluding steroid dienone is 4. The number of hydrogen-bond acceptors (Lipinski definition) is 3. The fourth-order valence-electron chi connectivity index (χ4n) is 3.58. The van der Waals surface area contributed by atoms with Crippen LogP contribution in [0.3, 0.4) is 0 Å². The van der Waals surface area contributed by atoms with Crippen LogP contribution < -0.4 is 4.90 Å². The summed E-state index contributed by atoms with van der Waals surface area (Å²) in [7, 11) is 0. The van der Waals surface area contributed by atoms with Gasteiger partial charge in [-0.2, -0.15) is 0 Å². The number of para-hydroxylation sites is 1. The maximum Gasteiger partial charge on any atom is 0.139 e. The summed E-state index contributed by atoms with van der Waals surface area (Å²) >= 11 is 3.46. The summed E-state index contributed by atoms with van der Waals surface area (Å²) in [5.41, 5.74) is 7.24. The van der Waals surface area contributed by atoms with E-state index in [1.807, 2.05) is 24.3 Å². The van der Waals surface area contributed by atoms with Crippen molar-refractivity contribution in [2.75, 3.05) is 18.0 Å². The molecule has 1 aliphatic heterocycles. The van der Waals surface area contributed by atoms with Crippen LogP contribution in [0.25, 0.3) is 5.57 Å². The van der Waals surface area contributed by atoms with E-state index in [4.69, 9.17) is 0 Å². The fraction of sp³-hybridized carbons (Fsp3) is 0.182. The van der Waals surface area contributed by atoms with E-state index in [0.29, 0.717) is 6.54 Å². The van der Waals surface area contributed by atoms with Gasteiger partial charge in [-0.05, 0) is 69.3 Å². The van der Waals surface area contributed by atoms with Gasteiger partial charge < -0.3 is 9.69 Å². The van der Waals surface area contributed by atoms with Gasteiger partial charge in [-0.15, -0.1) is 0 Å². The van der Waals surface area contributed by atoms with Crippen molar-refractivity contribution in [3.8, 4) is 0 Å². The second kappa shape index (κ2) is 7.42. The highest BCUT2D eigenvalue weighted by Crippen LogP contribution is 2.34. The van der Waals surface area contributed by atoms with Crippen molar-refractivity contribution in [1.82, 2.24) is 4.98 Å². The Hall–Kier alpha value is -2.46. The van der Waals surface area contributed by atoms with Crippen molar-refractivity contribution in [2.24, 2.45) is 0 Å². The Balaban J connectivity index is 1.71. The van der Waals surface area contributed by atoms with E-state index in [9.17, 15) is 4.79 Å². The van der Waals surface area contributed by atoms with E-state index in [2.05, 4.69) is 62.2 Å². The number of fused-ring (bicyclic) bond motifs is 2. The van der Waals surface area contributed by atoms with Crippen LogP contribution in [-0.2, 0) is 11.2 Å². The predicted octanol–water partition coefficient (Wildman–Crippen LogP) is 4.75. The van der Waals surface area contributed by atoms with Crippen LogP contribution in [0, 0.1) is 0 Å². The molecular weight excluding hydrogens is 388 g/mol. The molecule has 3 nitrogen and oxygen atoms in total. The molecule has 2 heterocycles. The van der Waals surface area contributed by atoms with Crippen molar-refractivity contribution in [2.45, 2.75) is 12.8 Å². The van der Waals surface area contributed by atoms with E-state index < -0.39 is 0 Å². The van der Waals surface area contributed by atoms with Gasteiger partial charge in [0.1, 0.15) is 10.9 Å². The lowest BCUT2D eigenvalue weighted by Gasteiger charge is -2.30. The molecule has 1 aromatic heterocycles. The van der Waals surface area contributed by atoms with E-state index in [0.717, 1.165) is 41.7 Å². The van der Waals surface area contributed by atoms with Crippen LogP contribution in [0.5, 0.6) is 0 Å². The smallest absolute Gasteiger partial charge is 0.139 e. The Labute approximate surface area is 161 Å². The van der Waals surface area contributed by atoms with Gasteiger partial charge in [0.25, 0.3) is 0 Å². The van der Waals surface area contributed by atoms with E-state index in [1.165, 1.54) is 22.3 Å². The number of pyridine rings is 1. The molecule has 1 aliphatic carbocycles. The number of hydrogen-bond donors (Lipinski definition) is 0. The highest BCUT2D eigenvalue weighted by atomic mass is 79.9. The van der Waals surface area contributed by atoms with Crippen LogP contribution in [0.4, 0.5) is 5.69 Å². The molecule has 130 valence electrons. The SMILES string of the molecule is O=CCN1CC2=CC=C(c3cccc(Br)n3)C/C2=C/Cc2ccccc21. The van der Waals surface area contributed by atoms with Crippen molar-refractivity contribution in [3.05, 3.63) is 87.7 Å². The molecule has 4 rings (SSSR count). The number of carbonyl (C=O) groups is 1. The molecule has 0 unspecified atom stereocenters. The summed E-state index contributed by atoms with van der Waals surface area (Å²) in [5, 5.41) is 0. The lowest BCUT2D eigenvalue weighted by molar-refractivity contribution is -0.106. The second-order valence-corrected chi connectivity index (χ2v) is 7.33. The van der Waals surface area contributed by atoms with E-state index >= 15 is 0 Å². The summed E-state index contributed by atoms with van der Waals surface area (Å²) in [6, 6.07) is 14.4. The van der Waals surface area contributed by atoms with Crippen LogP contribution >= 0.6 is 15.9 Å². The zero-order valence-electron chi connectivity index (χ0n) is 14.4. The zero-order chi connectivity index (χ0) is 17.9. The summed E-state index contributed by atoms with van der Waals surface area (Å²) in [6.07, 6.45) is 9.39. The highest BCUT2D eigenvalue weighted by molar-refractivity contribution is 9.10. The third-order valence-electron chi connectivity index (χ3n) is 4.88. The summed E-state index contributed by atoms with van der Waals surface area (Å²) in [4.78, 5) is 18.0. The second-order valence-electron chi connectivity index (χ2n) is 6.52. The molecule has 0 saturated carbocycles. The van der Waals surface area contributed by atoms with E-state index in [-0.39, 0.29) is 0 Å². The number of carbonyl (C=O) groups excluding carboxylic acids is 1. The first-order chi connectivity index (χ1) is 12.7. The average Bonchev–Trinajstić information content (AvgIpc) is 2.65. The third kappa shape index (κ3) is 3.42. The summed E-state index contributed by atoms with van der Waals surface area (Å²) in [5.74, 6) is 0. The number of aldehydes is 1. The molecule has 2 aliphatic rings. The van der Waals surface area contributed by atoms with Gasteiger partial charge in [0.2, 0.25) is 0 Å². The molecule has 0 fully saturated rings. The van der Waals surface area contributed by atoms with Gasteiger partial charge in [-0.3, -0.25) is 0 Å². The van der Waals surface area contributed by atoms with Gasteiger partial charge in [-0.25, -0.2) is 4.98 Å². The van der Waals surface area contributed by atoms with Crippen molar-refractivity contribution in [1.29, 1.82) is 0 Å². The number of halogens is 1. The molecule has 2 aromatic rings. The normalized spacial score (nSPS) is 18.3. The van der Waals surface area contributed by atoms with Gasteiger partial charge in [0.05, 0.1) is 12.2 Å². The summed E-state index contributed by atoms with van der Waals surface area (Å²) < 4.78 is 0.850. The first kappa shape index (κ1) is 17.0. The standard InChI is InChI=1S/C22H19BrN2O/c23-22-7-3-5-20(24-22)18-10-11-19-15-25(12-13-26)21-6-2-1-4-16(21)8-9-17(19)14-18/h1-7,9-11,13H,8,12,14-15H2/b17-9-. The first-order valence-corrected chi connectivity index (χ1v) is 9.52. The van der Waals surface area contributed by atoms with E-state index in [1.54, 1.807) is 0 Å². The highest BCUT2D eigenvalue weighted by Gasteiger charge is 2.20. The molecule has 0 N–H and O–H groups in total. The third-order valence-corrected chi connectivity index (χ3v) is 5.32. The predicted molar refractivity (Wildman–Crippen MR) is 109 cm³/mol. The molecule has 0 radical (unpaired) electrons. The Morgan fingerprint density at radius 1 is 1.04 bits per heavy atom. The van der Waals surface area contributed by atoms with Gasteiger partial charge in [-0.1, -0.05) is 42.5 Å². The quantitative estimate of drug-likeness (QED) is 0.544. The minimum absolute atomic E-state index is 0.408. The maximum atomic E-state index is 11.2. The minimum Gasteiger partial charge on any atom is -0.360 e. The largest absolute Gasteiger partial charge is 0.360 e. The summed E-state index contributed by atoms with van der Waals surface area (Å²) in [6.45, 7) is 1.16. The lowest BCUT2D eigenvalue weighted by Crippen LogP contribution is -2.30. The number of nitrogens with zero attached hydrogens (tertiary/aromatic N) is 2. The zero-order valence-corrected chi connectivity index (χ0v) is 15.9. The Morgan fingerprint density at radius 3 is 2.73 bits per heavy atom. The molecule has 4 heteroatoms. The molecule has 1 aromatic carbocycles. The van der Waals surface area contributed by atoms with Crippen LogP contribution in [-0.4, -0.2) is 24.4 Å². The van der Waals surface area contributed by atoms with Crippen LogP contribution in [0.15, 0.2) is 76.4 Å². The monoisotopic (exact) mass is 406 g/mol. The average molecular weight is 407 g/mol. The Kier molecular flexibility index (Phi) is 4.85. The van der Waals surface area contributed by atoms with Gasteiger partial charge in [0, 0.05) is 12.2 Å². The molecule has 26 heavy (non-hydrogen) atoms. The van der Waals surface area contributed by atoms with Crippen molar-refractivity contribution < 1.29 is 4.79 Å². The number of anilines is 1. The van der Waals surface area contributed by atoms with Crippen LogP contribution in [0.2, 0.25) is 0 Å². The maximum absolute atomic E-state index is 11.2. The molecule has 0 atom stereocenters. The van der Waals surface area contributed by atoms with Gasteiger partial charge in [0.15, 0.2) is 0 Å². The molecular formula is C22H19BrN2O. The minimum atomic E-state index is 0.408. The van der Waals surface area contributed by atoms with Crippen molar-refractivity contribution >= 4 is 33.5 Å². The van der Waals surface area contributed by atoms with Gasteiger partial charge >= 0.3 is 0 Å². The Bertz CT molecular complexity index is 943. The molecule has 0 spiro atoms. The molecule has 0 saturated heterocycles. The van der Waals surface area contributed by atoms with Crippen LogP contribution in [0.1, 0.15) is 17.7 Å². The first-order valence-electron chi connectivity index (χ1n) is 8.73. The Morgan fingerprint density at radius 2 is 1.88 bits per heavy atom. The topological polar surface area (TPSA) is 33.2 Å². The van der Waals surface area contributed by atoms with Crippen molar-refractivity contribution in [3.63, 3.8) is 0 Å². The number of rotatable bonds is 3. The molecule has 0 amide bonds.